The van der Waals surface area contributed by atoms with Gasteiger partial charge in [-0.25, -0.2) is 0 Å². The molecule has 0 aromatic heterocycles. The predicted octanol–water partition coefficient (Wildman–Crippen LogP) is 4.38. The molecular formula is C20H28O3. The third-order valence-corrected chi connectivity index (χ3v) is 6.65. The largest absolute Gasteiger partial charge is 0.431 e. The molecule has 0 unspecified atom stereocenters. The molecule has 3 nitrogen and oxygen atoms in total. The maximum Gasteiger partial charge on any atom is 0.321 e. The third kappa shape index (κ3) is 2.31. The minimum Gasteiger partial charge on any atom is -0.431 e. The van der Waals surface area contributed by atoms with Gasteiger partial charge in [-0.3, -0.25) is 4.79 Å². The summed E-state index contributed by atoms with van der Waals surface area (Å²) < 4.78 is 11.7. The number of epoxide rings is 1. The first-order chi connectivity index (χ1) is 10.8. The van der Waals surface area contributed by atoms with E-state index in [1.807, 2.05) is 0 Å². The van der Waals surface area contributed by atoms with E-state index >= 15 is 0 Å². The van der Waals surface area contributed by atoms with Gasteiger partial charge in [-0.1, -0.05) is 25.5 Å². The first kappa shape index (κ1) is 15.4. The smallest absolute Gasteiger partial charge is 0.321 e. The van der Waals surface area contributed by atoms with Gasteiger partial charge in [0.1, 0.15) is 5.76 Å². The molecule has 2 aliphatic heterocycles. The van der Waals surface area contributed by atoms with Crippen molar-refractivity contribution in [2.75, 3.05) is 0 Å². The molecule has 126 valence electrons. The lowest BCUT2D eigenvalue weighted by molar-refractivity contribution is -0.146. The van der Waals surface area contributed by atoms with Gasteiger partial charge in [0.05, 0.1) is 17.1 Å². The summed E-state index contributed by atoms with van der Waals surface area (Å²) in [5.41, 5.74) is 0.848. The zero-order valence-electron chi connectivity index (χ0n) is 14.7. The Morgan fingerprint density at radius 1 is 1.30 bits per heavy atom. The molecule has 5 atom stereocenters. The second-order valence-corrected chi connectivity index (χ2v) is 8.66. The molecule has 4 aliphatic rings. The van der Waals surface area contributed by atoms with E-state index in [1.165, 1.54) is 5.57 Å². The summed E-state index contributed by atoms with van der Waals surface area (Å²) in [6.07, 6.45) is 9.79. The molecule has 0 amide bonds. The van der Waals surface area contributed by atoms with E-state index in [-0.39, 0.29) is 17.5 Å². The molecule has 0 aromatic carbocycles. The number of fused-ring (bicyclic) bond motifs is 1. The quantitative estimate of drug-likeness (QED) is 0.409. The normalized spacial score (nSPS) is 47.9. The Labute approximate surface area is 139 Å². The summed E-state index contributed by atoms with van der Waals surface area (Å²) in [5.74, 6) is 2.27. The van der Waals surface area contributed by atoms with Crippen molar-refractivity contribution in [2.45, 2.75) is 71.5 Å². The van der Waals surface area contributed by atoms with Crippen LogP contribution in [-0.4, -0.2) is 17.7 Å². The van der Waals surface area contributed by atoms with Crippen LogP contribution in [0.4, 0.5) is 0 Å². The monoisotopic (exact) mass is 316 g/mol. The third-order valence-electron chi connectivity index (χ3n) is 6.65. The molecule has 1 saturated heterocycles. The van der Waals surface area contributed by atoms with Crippen LogP contribution in [0.15, 0.2) is 23.5 Å². The summed E-state index contributed by atoms with van der Waals surface area (Å²) in [7, 11) is 0. The Balaban J connectivity index is 1.77. The Morgan fingerprint density at radius 2 is 2.09 bits per heavy atom. The fourth-order valence-electron chi connectivity index (χ4n) is 5.14. The van der Waals surface area contributed by atoms with Crippen LogP contribution in [-0.2, 0) is 14.3 Å². The van der Waals surface area contributed by atoms with E-state index in [9.17, 15) is 4.79 Å². The van der Waals surface area contributed by atoms with E-state index in [0.717, 1.165) is 37.9 Å². The molecule has 1 spiro atoms. The van der Waals surface area contributed by atoms with Gasteiger partial charge in [0, 0.05) is 6.42 Å². The average Bonchev–Trinajstić information content (AvgIpc) is 2.80. The number of carbonyl (C=O) groups excluding carboxylic acids is 1. The molecule has 2 bridgehead atoms. The minimum atomic E-state index is -0.420. The highest BCUT2D eigenvalue weighted by Gasteiger charge is 2.59. The lowest BCUT2D eigenvalue weighted by atomic mass is 9.72. The maximum atomic E-state index is 12.8. The zero-order valence-corrected chi connectivity index (χ0v) is 14.7. The van der Waals surface area contributed by atoms with Crippen LogP contribution in [0.2, 0.25) is 0 Å². The minimum absolute atomic E-state index is 0.0222. The molecule has 0 aromatic rings. The Bertz CT molecular complexity index is 602. The van der Waals surface area contributed by atoms with Gasteiger partial charge in [-0.15, -0.1) is 0 Å². The van der Waals surface area contributed by atoms with Crippen molar-refractivity contribution in [1.82, 2.24) is 0 Å². The van der Waals surface area contributed by atoms with Gasteiger partial charge < -0.3 is 9.47 Å². The van der Waals surface area contributed by atoms with Gasteiger partial charge in [0.2, 0.25) is 0 Å². The van der Waals surface area contributed by atoms with Crippen LogP contribution < -0.4 is 0 Å². The number of hydrogen-bond donors (Lipinski definition) is 0. The molecule has 3 heteroatoms. The molecule has 1 saturated carbocycles. The average molecular weight is 316 g/mol. The van der Waals surface area contributed by atoms with E-state index < -0.39 is 5.41 Å². The maximum absolute atomic E-state index is 12.8. The highest BCUT2D eigenvalue weighted by Crippen LogP contribution is 2.57. The van der Waals surface area contributed by atoms with E-state index in [0.29, 0.717) is 17.9 Å². The van der Waals surface area contributed by atoms with Crippen molar-refractivity contribution in [2.24, 2.45) is 23.2 Å². The first-order valence-corrected chi connectivity index (χ1v) is 9.13. The van der Waals surface area contributed by atoms with Gasteiger partial charge in [-0.05, 0) is 63.4 Å². The van der Waals surface area contributed by atoms with Crippen LogP contribution >= 0.6 is 0 Å². The van der Waals surface area contributed by atoms with Crippen molar-refractivity contribution < 1.29 is 14.3 Å². The van der Waals surface area contributed by atoms with Gasteiger partial charge in [0.15, 0.2) is 0 Å². The lowest BCUT2D eigenvalue weighted by Crippen LogP contribution is -2.33. The fraction of sp³-hybridized carbons (Fsp3) is 0.750. The van der Waals surface area contributed by atoms with Crippen LogP contribution in [0.1, 0.15) is 59.8 Å². The van der Waals surface area contributed by atoms with Crippen LogP contribution in [0, 0.1) is 23.2 Å². The highest BCUT2D eigenvalue weighted by atomic mass is 16.6. The second-order valence-electron chi connectivity index (χ2n) is 8.66. The van der Waals surface area contributed by atoms with Crippen molar-refractivity contribution in [1.29, 1.82) is 0 Å². The van der Waals surface area contributed by atoms with Crippen molar-refractivity contribution in [3.63, 3.8) is 0 Å². The van der Waals surface area contributed by atoms with E-state index in [1.54, 1.807) is 0 Å². The Kier molecular flexibility index (Phi) is 3.32. The zero-order chi connectivity index (χ0) is 16.4. The molecule has 2 aliphatic carbocycles. The number of ether oxygens (including phenoxy) is 2. The summed E-state index contributed by atoms with van der Waals surface area (Å²) in [6.45, 7) is 8.93. The summed E-state index contributed by atoms with van der Waals surface area (Å²) >= 11 is 0. The standard InChI is InChI=1S/C20H28O3/c1-12(2)15-7-8-20-11-14(22-18(20)21)10-19(4)17(23-19)6-5-13(3)9-16(15)20/h9,11-12,15-17H,5-8,10H2,1-4H3/b13-9-/t15-,16-,17+,19+,20+/m1/s1. The van der Waals surface area contributed by atoms with Gasteiger partial charge >= 0.3 is 5.97 Å². The highest BCUT2D eigenvalue weighted by molar-refractivity contribution is 5.84. The number of esters is 1. The van der Waals surface area contributed by atoms with Crippen LogP contribution in [0.5, 0.6) is 0 Å². The van der Waals surface area contributed by atoms with Crippen molar-refractivity contribution >= 4 is 5.97 Å². The number of carbonyl (C=O) groups is 1. The molecule has 0 radical (unpaired) electrons. The summed E-state index contributed by atoms with van der Waals surface area (Å²) in [6, 6.07) is 0. The Hall–Kier alpha value is -1.09. The lowest BCUT2D eigenvalue weighted by Gasteiger charge is -2.29. The topological polar surface area (TPSA) is 38.8 Å². The van der Waals surface area contributed by atoms with E-state index in [2.05, 4.69) is 39.8 Å². The van der Waals surface area contributed by atoms with Crippen LogP contribution in [0.25, 0.3) is 0 Å². The molecule has 2 fully saturated rings. The van der Waals surface area contributed by atoms with E-state index in [4.69, 9.17) is 9.47 Å². The molecule has 2 heterocycles. The summed E-state index contributed by atoms with van der Waals surface area (Å²) in [5, 5.41) is 0. The summed E-state index contributed by atoms with van der Waals surface area (Å²) in [4.78, 5) is 12.8. The number of hydrogen-bond acceptors (Lipinski definition) is 3. The Morgan fingerprint density at radius 3 is 2.83 bits per heavy atom. The van der Waals surface area contributed by atoms with Crippen molar-refractivity contribution in [3.8, 4) is 0 Å². The van der Waals surface area contributed by atoms with Gasteiger partial charge in [-0.2, -0.15) is 0 Å². The predicted molar refractivity (Wildman–Crippen MR) is 88.5 cm³/mol. The molecule has 4 rings (SSSR count). The molecular weight excluding hydrogens is 288 g/mol. The molecule has 0 N–H and O–H groups in total. The van der Waals surface area contributed by atoms with Crippen LogP contribution in [0.3, 0.4) is 0 Å². The fourth-order valence-corrected chi connectivity index (χ4v) is 5.14. The second kappa shape index (κ2) is 4.95. The number of rotatable bonds is 1. The SMILES string of the molecule is C/C1=C/[C@@H]2[C@@H](C(C)C)CC[C@]23C=C(C[C@]2(C)O[C@H]2CC1)OC3=O. The van der Waals surface area contributed by atoms with Gasteiger partial charge in [0.25, 0.3) is 0 Å². The number of allylic oxidation sites excluding steroid dienone is 2. The van der Waals surface area contributed by atoms with Crippen molar-refractivity contribution in [3.05, 3.63) is 23.5 Å². The molecule has 23 heavy (non-hydrogen) atoms. The first-order valence-electron chi connectivity index (χ1n) is 9.13.